The van der Waals surface area contributed by atoms with Gasteiger partial charge in [0.1, 0.15) is 11.9 Å². The first-order valence-corrected chi connectivity index (χ1v) is 9.72. The molecule has 1 aromatic rings. The Balaban J connectivity index is 1.47. The molecule has 3 aliphatic rings. The first-order valence-electron chi connectivity index (χ1n) is 9.72. The summed E-state index contributed by atoms with van der Waals surface area (Å²) in [5, 5.41) is 12.7. The first kappa shape index (κ1) is 18.0. The summed E-state index contributed by atoms with van der Waals surface area (Å²) in [6, 6.07) is 1.24. The quantitative estimate of drug-likeness (QED) is 0.825. The number of nitrogens with one attached hydrogen (secondary N) is 1. The number of hydrogen-bond donors (Lipinski definition) is 2. The lowest BCUT2D eigenvalue weighted by atomic mass is 9.76. The largest absolute Gasteiger partial charge is 0.480 e. The average Bonchev–Trinajstić information content (AvgIpc) is 3.43. The van der Waals surface area contributed by atoms with Crippen LogP contribution in [0, 0.1) is 18.3 Å². The molecular weight excluding hydrogens is 346 g/mol. The van der Waals surface area contributed by atoms with Gasteiger partial charge < -0.3 is 20.2 Å². The molecule has 0 unspecified atom stereocenters. The maximum Gasteiger partial charge on any atom is 0.326 e. The van der Waals surface area contributed by atoms with Crippen LogP contribution < -0.4 is 10.2 Å². The highest BCUT2D eigenvalue weighted by Crippen LogP contribution is 2.46. The van der Waals surface area contributed by atoms with Crippen molar-refractivity contribution in [2.45, 2.75) is 45.1 Å². The molecule has 2 N–H and O–H groups in total. The molecule has 0 aromatic carbocycles. The molecule has 3 heterocycles. The Labute approximate surface area is 159 Å². The van der Waals surface area contributed by atoms with Crippen LogP contribution in [0.2, 0.25) is 0 Å². The van der Waals surface area contributed by atoms with Crippen LogP contribution >= 0.6 is 0 Å². The van der Waals surface area contributed by atoms with E-state index in [1.165, 1.54) is 0 Å². The fraction of sp³-hybridized carbons (Fsp3) is 0.684. The van der Waals surface area contributed by atoms with Crippen molar-refractivity contribution in [2.24, 2.45) is 11.3 Å². The lowest BCUT2D eigenvalue weighted by Crippen LogP contribution is -2.44. The Kier molecular flexibility index (Phi) is 4.44. The van der Waals surface area contributed by atoms with Gasteiger partial charge in [0.15, 0.2) is 0 Å². The van der Waals surface area contributed by atoms with Gasteiger partial charge in [-0.25, -0.2) is 9.78 Å². The molecule has 0 radical (unpaired) electrons. The van der Waals surface area contributed by atoms with Crippen LogP contribution in [-0.2, 0) is 9.59 Å². The molecule has 1 aromatic heterocycles. The molecule has 3 fully saturated rings. The van der Waals surface area contributed by atoms with Gasteiger partial charge in [0.2, 0.25) is 11.9 Å². The van der Waals surface area contributed by atoms with E-state index < -0.39 is 12.0 Å². The first-order chi connectivity index (χ1) is 12.9. The van der Waals surface area contributed by atoms with Crippen LogP contribution in [0.4, 0.5) is 11.8 Å². The normalized spacial score (nSPS) is 24.3. The fourth-order valence-corrected chi connectivity index (χ4v) is 4.44. The fourth-order valence-electron chi connectivity index (χ4n) is 4.44. The molecule has 4 rings (SSSR count). The topological polar surface area (TPSA) is 98.7 Å². The molecule has 8 heteroatoms. The highest BCUT2D eigenvalue weighted by molar-refractivity contribution is 5.87. The molecule has 146 valence electrons. The van der Waals surface area contributed by atoms with Gasteiger partial charge in [0.25, 0.3) is 0 Å². The molecule has 1 aliphatic carbocycles. The van der Waals surface area contributed by atoms with Crippen LogP contribution in [0.25, 0.3) is 0 Å². The standard InChI is InChI=1S/C19H27N5O3/c1-12-9-15(20-2)22-18(21-12)23-7-5-19(6-8-23)10-14(17(26)27)24(11-19)16(25)13-3-4-13/h9,13-14H,3-8,10-11H2,1-2H3,(H,26,27)(H,20,21,22)/t14-/m0/s1. The molecule has 2 saturated heterocycles. The second kappa shape index (κ2) is 6.65. The Morgan fingerprint density at radius 1 is 1.26 bits per heavy atom. The van der Waals surface area contributed by atoms with E-state index in [0.717, 1.165) is 50.3 Å². The number of carbonyl (C=O) groups excluding carboxylic acids is 1. The highest BCUT2D eigenvalue weighted by atomic mass is 16.4. The minimum atomic E-state index is -0.871. The summed E-state index contributed by atoms with van der Waals surface area (Å²) in [7, 11) is 1.84. The molecule has 1 spiro atoms. The van der Waals surface area contributed by atoms with E-state index in [1.54, 1.807) is 4.90 Å². The van der Waals surface area contributed by atoms with Gasteiger partial charge in [-0.05, 0) is 44.4 Å². The van der Waals surface area contributed by atoms with E-state index in [4.69, 9.17) is 0 Å². The van der Waals surface area contributed by atoms with Crippen molar-refractivity contribution in [1.82, 2.24) is 14.9 Å². The molecular formula is C19H27N5O3. The third-order valence-electron chi connectivity index (χ3n) is 6.21. The minimum absolute atomic E-state index is 0.0439. The minimum Gasteiger partial charge on any atom is -0.480 e. The summed E-state index contributed by atoms with van der Waals surface area (Å²) in [4.78, 5) is 37.2. The van der Waals surface area contributed by atoms with Crippen molar-refractivity contribution in [2.75, 3.05) is 36.9 Å². The Morgan fingerprint density at radius 2 is 1.96 bits per heavy atom. The SMILES string of the molecule is CNc1cc(C)nc(N2CCC3(CC2)C[C@@H](C(=O)O)N(C(=O)C2CC2)C3)n1. The van der Waals surface area contributed by atoms with Gasteiger partial charge in [-0.1, -0.05) is 0 Å². The van der Waals surface area contributed by atoms with E-state index in [0.29, 0.717) is 18.9 Å². The maximum absolute atomic E-state index is 12.6. The van der Waals surface area contributed by atoms with Crippen LogP contribution in [0.1, 0.15) is 37.8 Å². The third-order valence-corrected chi connectivity index (χ3v) is 6.21. The number of likely N-dealkylation sites (tertiary alicyclic amines) is 1. The second-order valence-corrected chi connectivity index (χ2v) is 8.23. The summed E-state index contributed by atoms with van der Waals surface area (Å²) in [6.07, 6.45) is 4.09. The summed E-state index contributed by atoms with van der Waals surface area (Å²) in [5.74, 6) is 0.743. The van der Waals surface area contributed by atoms with E-state index in [9.17, 15) is 14.7 Å². The van der Waals surface area contributed by atoms with Crippen molar-refractivity contribution >= 4 is 23.6 Å². The number of carboxylic acids is 1. The van der Waals surface area contributed by atoms with Gasteiger partial charge in [-0.2, -0.15) is 4.98 Å². The Morgan fingerprint density at radius 3 is 2.56 bits per heavy atom. The number of rotatable bonds is 4. The Hall–Kier alpha value is -2.38. The number of aryl methyl sites for hydroxylation is 1. The van der Waals surface area contributed by atoms with Crippen molar-refractivity contribution in [1.29, 1.82) is 0 Å². The number of nitrogens with zero attached hydrogens (tertiary/aromatic N) is 4. The molecule has 1 atom stereocenters. The average molecular weight is 373 g/mol. The number of anilines is 2. The molecule has 27 heavy (non-hydrogen) atoms. The van der Waals surface area contributed by atoms with Crippen LogP contribution in [0.3, 0.4) is 0 Å². The summed E-state index contributed by atoms with van der Waals surface area (Å²) in [5.41, 5.74) is 0.817. The molecule has 2 aliphatic heterocycles. The number of carboxylic acid groups (broad SMARTS) is 1. The number of piperidine rings is 1. The monoisotopic (exact) mass is 373 g/mol. The predicted molar refractivity (Wildman–Crippen MR) is 101 cm³/mol. The summed E-state index contributed by atoms with van der Waals surface area (Å²) in [6.45, 7) is 4.09. The zero-order valence-electron chi connectivity index (χ0n) is 15.9. The van der Waals surface area contributed by atoms with E-state index >= 15 is 0 Å². The van der Waals surface area contributed by atoms with Crippen LogP contribution in [0.15, 0.2) is 6.07 Å². The van der Waals surface area contributed by atoms with Crippen LogP contribution in [0.5, 0.6) is 0 Å². The summed E-state index contributed by atoms with van der Waals surface area (Å²) >= 11 is 0. The van der Waals surface area contributed by atoms with E-state index in [-0.39, 0.29) is 17.2 Å². The van der Waals surface area contributed by atoms with E-state index in [2.05, 4.69) is 20.2 Å². The molecule has 1 amide bonds. The number of aromatic nitrogens is 2. The van der Waals surface area contributed by atoms with Crippen molar-refractivity contribution < 1.29 is 14.7 Å². The van der Waals surface area contributed by atoms with Crippen molar-refractivity contribution in [3.05, 3.63) is 11.8 Å². The number of carbonyl (C=O) groups is 2. The maximum atomic E-state index is 12.6. The number of hydrogen-bond acceptors (Lipinski definition) is 6. The molecule has 0 bridgehead atoms. The predicted octanol–water partition coefficient (Wildman–Crippen LogP) is 1.51. The van der Waals surface area contributed by atoms with Gasteiger partial charge >= 0.3 is 5.97 Å². The second-order valence-electron chi connectivity index (χ2n) is 8.23. The lowest BCUT2D eigenvalue weighted by molar-refractivity contribution is -0.148. The smallest absolute Gasteiger partial charge is 0.326 e. The van der Waals surface area contributed by atoms with Gasteiger partial charge in [0.05, 0.1) is 0 Å². The van der Waals surface area contributed by atoms with E-state index in [1.807, 2.05) is 20.0 Å². The lowest BCUT2D eigenvalue weighted by Gasteiger charge is -2.39. The van der Waals surface area contributed by atoms with Gasteiger partial charge in [-0.3, -0.25) is 4.79 Å². The molecule has 8 nitrogen and oxygen atoms in total. The van der Waals surface area contributed by atoms with Crippen molar-refractivity contribution in [3.8, 4) is 0 Å². The zero-order chi connectivity index (χ0) is 19.2. The van der Waals surface area contributed by atoms with Gasteiger partial charge in [0, 0.05) is 44.4 Å². The Bertz CT molecular complexity index is 756. The van der Waals surface area contributed by atoms with Gasteiger partial charge in [-0.15, -0.1) is 0 Å². The van der Waals surface area contributed by atoms with Crippen molar-refractivity contribution in [3.63, 3.8) is 0 Å². The number of aliphatic carboxylic acids is 1. The zero-order valence-corrected chi connectivity index (χ0v) is 15.9. The summed E-state index contributed by atoms with van der Waals surface area (Å²) < 4.78 is 0. The third kappa shape index (κ3) is 3.44. The highest BCUT2D eigenvalue weighted by Gasteiger charge is 2.51. The van der Waals surface area contributed by atoms with Crippen LogP contribution in [-0.4, -0.2) is 64.6 Å². The number of amides is 1. The molecule has 1 saturated carbocycles.